The molecule has 2 unspecified atom stereocenters. The molecule has 0 bridgehead atoms. The molecule has 8 nitrogen and oxygen atoms in total. The molecule has 3 aromatic carbocycles. The number of carbonyl (C=O) groups is 2. The van der Waals surface area contributed by atoms with E-state index in [2.05, 4.69) is 5.32 Å². The Kier molecular flexibility index (Phi) is 10.4. The van der Waals surface area contributed by atoms with E-state index in [1.54, 1.807) is 73.7 Å². The zero-order valence-corrected chi connectivity index (χ0v) is 24.1. The molecule has 0 spiro atoms. The van der Waals surface area contributed by atoms with Crippen LogP contribution >= 0.6 is 11.6 Å². The fourth-order valence-electron chi connectivity index (χ4n) is 3.89. The molecule has 3 aromatic rings. The summed E-state index contributed by atoms with van der Waals surface area (Å²) in [5, 5.41) is 3.40. The summed E-state index contributed by atoms with van der Waals surface area (Å²) >= 11 is 6.18. The standard InChI is InChI=1S/C29H34ClN3O5S/c1-5-21(2)31-29(35)22(3)32(19-23-11-9-12-24(30)17-23)28(34)20-33(25-13-10-14-26(18-25)38-4)39(36,37)27-15-7-6-8-16-27/h6-18,21-22H,5,19-20H2,1-4H3,(H,31,35). The molecule has 0 aliphatic heterocycles. The Bertz CT molecular complexity index is 1380. The summed E-state index contributed by atoms with van der Waals surface area (Å²) in [6, 6.07) is 20.4. The average molecular weight is 572 g/mol. The van der Waals surface area contributed by atoms with E-state index in [4.69, 9.17) is 16.3 Å². The third-order valence-electron chi connectivity index (χ3n) is 6.36. The number of nitrogens with one attached hydrogen (secondary N) is 1. The fraction of sp³-hybridized carbons (Fsp3) is 0.310. The van der Waals surface area contributed by atoms with Crippen molar-refractivity contribution in [3.63, 3.8) is 0 Å². The molecule has 39 heavy (non-hydrogen) atoms. The summed E-state index contributed by atoms with van der Waals surface area (Å²) in [6.07, 6.45) is 0.722. The Morgan fingerprint density at radius 2 is 1.67 bits per heavy atom. The second kappa shape index (κ2) is 13.5. The number of halogens is 1. The minimum Gasteiger partial charge on any atom is -0.497 e. The predicted molar refractivity (Wildman–Crippen MR) is 153 cm³/mol. The molecule has 0 radical (unpaired) electrons. The molecule has 0 aromatic heterocycles. The van der Waals surface area contributed by atoms with Gasteiger partial charge < -0.3 is 15.0 Å². The number of hydrogen-bond acceptors (Lipinski definition) is 5. The van der Waals surface area contributed by atoms with E-state index >= 15 is 0 Å². The lowest BCUT2D eigenvalue weighted by molar-refractivity contribution is -0.139. The van der Waals surface area contributed by atoms with Gasteiger partial charge in [-0.15, -0.1) is 0 Å². The van der Waals surface area contributed by atoms with Gasteiger partial charge in [-0.3, -0.25) is 13.9 Å². The number of carbonyl (C=O) groups excluding carboxylic acids is 2. The fourth-order valence-corrected chi connectivity index (χ4v) is 5.53. The SMILES string of the molecule is CCC(C)NC(=O)C(C)N(Cc1cccc(Cl)c1)C(=O)CN(c1cccc(OC)c1)S(=O)(=O)c1ccccc1. The minimum absolute atomic E-state index is 0.0320. The molecule has 0 fully saturated rings. The number of rotatable bonds is 12. The van der Waals surface area contributed by atoms with Gasteiger partial charge in [-0.1, -0.05) is 54.9 Å². The van der Waals surface area contributed by atoms with E-state index in [1.807, 2.05) is 13.8 Å². The van der Waals surface area contributed by atoms with Gasteiger partial charge in [0.25, 0.3) is 10.0 Å². The molecular weight excluding hydrogens is 538 g/mol. The monoisotopic (exact) mass is 571 g/mol. The Morgan fingerprint density at radius 3 is 2.31 bits per heavy atom. The van der Waals surface area contributed by atoms with Crippen LogP contribution in [0.15, 0.2) is 83.8 Å². The third kappa shape index (κ3) is 7.74. The molecule has 0 saturated carbocycles. The van der Waals surface area contributed by atoms with E-state index in [1.165, 1.54) is 24.1 Å². The molecule has 10 heteroatoms. The number of methoxy groups -OCH3 is 1. The van der Waals surface area contributed by atoms with Gasteiger partial charge in [0, 0.05) is 23.7 Å². The molecule has 0 aliphatic carbocycles. The lowest BCUT2D eigenvalue weighted by Crippen LogP contribution is -2.52. The topological polar surface area (TPSA) is 96.0 Å². The quantitative estimate of drug-likeness (QED) is 0.334. The first-order valence-corrected chi connectivity index (χ1v) is 14.4. The van der Waals surface area contributed by atoms with E-state index in [9.17, 15) is 18.0 Å². The van der Waals surface area contributed by atoms with E-state index in [-0.39, 0.29) is 29.1 Å². The van der Waals surface area contributed by atoms with Crippen LogP contribution in [0.5, 0.6) is 5.75 Å². The molecule has 2 atom stereocenters. The highest BCUT2D eigenvalue weighted by atomic mass is 35.5. The van der Waals surface area contributed by atoms with E-state index < -0.39 is 28.5 Å². The second-order valence-electron chi connectivity index (χ2n) is 9.17. The normalized spacial score (nSPS) is 12.7. The van der Waals surface area contributed by atoms with Crippen LogP contribution < -0.4 is 14.4 Å². The Hall–Kier alpha value is -3.56. The smallest absolute Gasteiger partial charge is 0.264 e. The molecular formula is C29H34ClN3O5S. The largest absolute Gasteiger partial charge is 0.497 e. The van der Waals surface area contributed by atoms with Crippen molar-refractivity contribution >= 4 is 39.1 Å². The summed E-state index contributed by atoms with van der Waals surface area (Å²) in [7, 11) is -2.67. The van der Waals surface area contributed by atoms with Crippen molar-refractivity contribution in [1.82, 2.24) is 10.2 Å². The van der Waals surface area contributed by atoms with Crippen LogP contribution in [0.1, 0.15) is 32.8 Å². The van der Waals surface area contributed by atoms with Gasteiger partial charge in [0.1, 0.15) is 18.3 Å². The molecule has 208 valence electrons. The summed E-state index contributed by atoms with van der Waals surface area (Å²) in [5.41, 5.74) is 0.962. The van der Waals surface area contributed by atoms with Gasteiger partial charge >= 0.3 is 0 Å². The Morgan fingerprint density at radius 1 is 0.974 bits per heavy atom. The first-order chi connectivity index (χ1) is 18.6. The number of ether oxygens (including phenoxy) is 1. The first-order valence-electron chi connectivity index (χ1n) is 12.6. The van der Waals surface area contributed by atoms with Gasteiger partial charge in [0.2, 0.25) is 11.8 Å². The van der Waals surface area contributed by atoms with Crippen molar-refractivity contribution in [3.8, 4) is 5.75 Å². The zero-order valence-electron chi connectivity index (χ0n) is 22.5. The zero-order chi connectivity index (χ0) is 28.6. The summed E-state index contributed by atoms with van der Waals surface area (Å²) in [5.74, 6) is -0.451. The highest BCUT2D eigenvalue weighted by Gasteiger charge is 2.33. The molecule has 0 aliphatic rings. The lowest BCUT2D eigenvalue weighted by atomic mass is 10.1. The number of benzene rings is 3. The molecule has 2 amide bonds. The summed E-state index contributed by atoms with van der Waals surface area (Å²) in [6.45, 7) is 4.98. The molecule has 1 N–H and O–H groups in total. The van der Waals surface area contributed by atoms with Crippen LogP contribution in [-0.2, 0) is 26.2 Å². The average Bonchev–Trinajstić information content (AvgIpc) is 2.94. The maximum absolute atomic E-state index is 13.9. The van der Waals surface area contributed by atoms with Gasteiger partial charge in [-0.2, -0.15) is 0 Å². The predicted octanol–water partition coefficient (Wildman–Crippen LogP) is 4.88. The third-order valence-corrected chi connectivity index (χ3v) is 8.38. The Labute approximate surface area is 235 Å². The number of anilines is 1. The van der Waals surface area contributed by atoms with Crippen LogP contribution in [-0.4, -0.2) is 50.9 Å². The van der Waals surface area contributed by atoms with Crippen LogP contribution in [0.3, 0.4) is 0 Å². The molecule has 0 saturated heterocycles. The molecule has 0 heterocycles. The van der Waals surface area contributed by atoms with Crippen LogP contribution in [0.2, 0.25) is 5.02 Å². The Balaban J connectivity index is 2.03. The van der Waals surface area contributed by atoms with Crippen molar-refractivity contribution in [2.45, 2.75) is 50.7 Å². The number of nitrogens with zero attached hydrogens (tertiary/aromatic N) is 2. The van der Waals surface area contributed by atoms with Gasteiger partial charge in [-0.25, -0.2) is 8.42 Å². The number of hydrogen-bond donors (Lipinski definition) is 1. The van der Waals surface area contributed by atoms with Crippen LogP contribution in [0.25, 0.3) is 0 Å². The van der Waals surface area contributed by atoms with Gasteiger partial charge in [0.05, 0.1) is 17.7 Å². The van der Waals surface area contributed by atoms with Crippen molar-refractivity contribution in [2.75, 3.05) is 18.0 Å². The minimum atomic E-state index is -4.15. The van der Waals surface area contributed by atoms with Gasteiger partial charge in [-0.05, 0) is 62.2 Å². The summed E-state index contributed by atoms with van der Waals surface area (Å²) < 4.78 is 33.9. The van der Waals surface area contributed by atoms with Gasteiger partial charge in [0.15, 0.2) is 0 Å². The maximum atomic E-state index is 13.9. The lowest BCUT2D eigenvalue weighted by Gasteiger charge is -2.32. The van der Waals surface area contributed by atoms with Crippen molar-refractivity contribution in [1.29, 1.82) is 0 Å². The molecule has 3 rings (SSSR count). The number of amides is 2. The van der Waals surface area contributed by atoms with Crippen LogP contribution in [0.4, 0.5) is 5.69 Å². The maximum Gasteiger partial charge on any atom is 0.264 e. The van der Waals surface area contributed by atoms with Crippen molar-refractivity contribution in [2.24, 2.45) is 0 Å². The number of sulfonamides is 1. The van der Waals surface area contributed by atoms with Crippen molar-refractivity contribution < 1.29 is 22.7 Å². The summed E-state index contributed by atoms with van der Waals surface area (Å²) in [4.78, 5) is 28.4. The second-order valence-corrected chi connectivity index (χ2v) is 11.5. The van der Waals surface area contributed by atoms with E-state index in [0.717, 1.165) is 10.7 Å². The van der Waals surface area contributed by atoms with Crippen LogP contribution in [0, 0.1) is 0 Å². The first kappa shape index (κ1) is 30.0. The highest BCUT2D eigenvalue weighted by molar-refractivity contribution is 7.92. The highest BCUT2D eigenvalue weighted by Crippen LogP contribution is 2.27. The van der Waals surface area contributed by atoms with E-state index in [0.29, 0.717) is 16.3 Å². The van der Waals surface area contributed by atoms with Crippen molar-refractivity contribution in [3.05, 3.63) is 89.4 Å².